The Morgan fingerprint density at radius 3 is 2.51 bits per heavy atom. The van der Waals surface area contributed by atoms with Crippen LogP contribution in [0.5, 0.6) is 0 Å². The summed E-state index contributed by atoms with van der Waals surface area (Å²) in [5, 5.41) is 7.16. The summed E-state index contributed by atoms with van der Waals surface area (Å²) in [5.74, 6) is 0.192. The number of hydrogen-bond donors (Lipinski definition) is 3. The molecule has 7 nitrogen and oxygen atoms in total. The third kappa shape index (κ3) is 5.66. The molecule has 35 heavy (non-hydrogen) atoms. The fourth-order valence-corrected chi connectivity index (χ4v) is 6.85. The number of thiocarbonyl (C=S) groups is 1. The van der Waals surface area contributed by atoms with E-state index in [1.807, 2.05) is 19.1 Å². The van der Waals surface area contributed by atoms with Gasteiger partial charge in [-0.2, -0.15) is 0 Å². The zero-order valence-electron chi connectivity index (χ0n) is 19.7. The predicted molar refractivity (Wildman–Crippen MR) is 145 cm³/mol. The molecular weight excluding hydrogens is 502 g/mol. The monoisotopic (exact) mass is 529 g/mol. The highest BCUT2D eigenvalue weighted by Crippen LogP contribution is 2.40. The van der Waals surface area contributed by atoms with Crippen LogP contribution in [-0.2, 0) is 27.6 Å². The molecule has 0 bridgehead atoms. The number of carbonyl (C=O) groups excluding carboxylic acids is 1. The van der Waals surface area contributed by atoms with Gasteiger partial charge in [0.25, 0.3) is 10.0 Å². The molecule has 1 atom stereocenters. The zero-order valence-corrected chi connectivity index (χ0v) is 22.1. The van der Waals surface area contributed by atoms with Gasteiger partial charge in [-0.1, -0.05) is 25.1 Å². The van der Waals surface area contributed by atoms with Gasteiger partial charge in [-0.25, -0.2) is 13.2 Å². The average Bonchev–Trinajstić information content (AvgIpc) is 3.16. The summed E-state index contributed by atoms with van der Waals surface area (Å²) in [6.07, 6.45) is 2.80. The van der Waals surface area contributed by atoms with Crippen molar-refractivity contribution in [2.45, 2.75) is 38.0 Å². The van der Waals surface area contributed by atoms with Crippen LogP contribution in [0.1, 0.15) is 39.7 Å². The quantitative estimate of drug-likeness (QED) is 0.283. The van der Waals surface area contributed by atoms with E-state index in [1.54, 1.807) is 24.3 Å². The van der Waals surface area contributed by atoms with E-state index in [0.29, 0.717) is 33.0 Å². The third-order valence-electron chi connectivity index (χ3n) is 5.94. The minimum absolute atomic E-state index is 0.137. The second-order valence-electron chi connectivity index (χ2n) is 8.57. The molecule has 1 aliphatic rings. The number of para-hydroxylation sites is 1. The van der Waals surface area contributed by atoms with E-state index in [9.17, 15) is 13.2 Å². The maximum Gasteiger partial charge on any atom is 0.341 e. The maximum atomic E-state index is 12.8. The normalized spacial score (nSPS) is 15.1. The van der Waals surface area contributed by atoms with Crippen LogP contribution < -0.4 is 15.4 Å². The standard InChI is InChI=1S/C25H27N3O4S3/c1-15-8-13-19-21(14-15)34-23(22(19)24(29)32-3)27-25(33)26-17-9-11-18(12-10-17)35(30,31)28-20-7-5-4-6-16(20)2/h4-7,9-12,15,28H,8,13-14H2,1-3H3,(H2,26,27,33). The van der Waals surface area contributed by atoms with Crippen LogP contribution in [0.15, 0.2) is 53.4 Å². The Balaban J connectivity index is 1.47. The molecule has 1 heterocycles. The summed E-state index contributed by atoms with van der Waals surface area (Å²) in [5.41, 5.74) is 3.58. The van der Waals surface area contributed by atoms with Gasteiger partial charge in [0, 0.05) is 10.6 Å². The minimum atomic E-state index is -3.73. The van der Waals surface area contributed by atoms with Crippen LogP contribution in [-0.4, -0.2) is 26.6 Å². The second kappa shape index (κ2) is 10.3. The number of nitrogens with one attached hydrogen (secondary N) is 3. The van der Waals surface area contributed by atoms with Gasteiger partial charge in [-0.15, -0.1) is 11.3 Å². The number of sulfonamides is 1. The molecule has 10 heteroatoms. The molecular formula is C25H27N3O4S3. The van der Waals surface area contributed by atoms with Crippen molar-refractivity contribution >= 4 is 61.0 Å². The third-order valence-corrected chi connectivity index (χ3v) is 8.70. The van der Waals surface area contributed by atoms with E-state index in [-0.39, 0.29) is 10.9 Å². The van der Waals surface area contributed by atoms with Gasteiger partial charge >= 0.3 is 5.97 Å². The number of anilines is 3. The Labute approximate surface area is 215 Å². The molecule has 0 saturated carbocycles. The van der Waals surface area contributed by atoms with Crippen LogP contribution in [0, 0.1) is 12.8 Å². The zero-order chi connectivity index (χ0) is 25.2. The lowest BCUT2D eigenvalue weighted by atomic mass is 9.88. The van der Waals surface area contributed by atoms with Crippen LogP contribution >= 0.6 is 23.6 Å². The average molecular weight is 530 g/mol. The molecule has 184 valence electrons. The molecule has 0 spiro atoms. The van der Waals surface area contributed by atoms with Gasteiger partial charge in [0.05, 0.1) is 23.3 Å². The molecule has 1 aliphatic carbocycles. The van der Waals surface area contributed by atoms with Crippen LogP contribution in [0.3, 0.4) is 0 Å². The minimum Gasteiger partial charge on any atom is -0.465 e. The van der Waals surface area contributed by atoms with Crippen molar-refractivity contribution in [1.82, 2.24) is 0 Å². The van der Waals surface area contributed by atoms with Crippen molar-refractivity contribution in [3.05, 3.63) is 70.1 Å². The first-order valence-corrected chi connectivity index (χ1v) is 13.9. The molecule has 0 fully saturated rings. The number of fused-ring (bicyclic) bond motifs is 1. The van der Waals surface area contributed by atoms with Gasteiger partial charge in [0.2, 0.25) is 0 Å². The number of hydrogen-bond acceptors (Lipinski definition) is 6. The topological polar surface area (TPSA) is 96.5 Å². The van der Waals surface area contributed by atoms with Crippen molar-refractivity contribution in [2.75, 3.05) is 22.5 Å². The van der Waals surface area contributed by atoms with Crippen molar-refractivity contribution in [3.63, 3.8) is 0 Å². The van der Waals surface area contributed by atoms with Crippen molar-refractivity contribution in [3.8, 4) is 0 Å². The molecule has 3 aromatic rings. The molecule has 0 aliphatic heterocycles. The van der Waals surface area contributed by atoms with Gasteiger partial charge in [-0.05, 0) is 85.8 Å². The van der Waals surface area contributed by atoms with Gasteiger partial charge in [0.1, 0.15) is 5.00 Å². The fraction of sp³-hybridized carbons (Fsp3) is 0.280. The van der Waals surface area contributed by atoms with Crippen LogP contribution in [0.4, 0.5) is 16.4 Å². The number of aryl methyl sites for hydroxylation is 1. The molecule has 1 unspecified atom stereocenters. The number of methoxy groups -OCH3 is 1. The van der Waals surface area contributed by atoms with Crippen molar-refractivity contribution in [1.29, 1.82) is 0 Å². The molecule has 0 saturated heterocycles. The Hall–Kier alpha value is -2.95. The molecule has 2 aromatic carbocycles. The summed E-state index contributed by atoms with van der Waals surface area (Å²) in [6.45, 7) is 4.05. The summed E-state index contributed by atoms with van der Waals surface area (Å²) >= 11 is 7.00. The molecule has 3 N–H and O–H groups in total. The summed E-state index contributed by atoms with van der Waals surface area (Å²) < 4.78 is 33.2. The summed E-state index contributed by atoms with van der Waals surface area (Å²) in [7, 11) is -2.35. The van der Waals surface area contributed by atoms with Gasteiger partial charge in [0.15, 0.2) is 5.11 Å². The van der Waals surface area contributed by atoms with Gasteiger partial charge in [-0.3, -0.25) is 4.72 Å². The number of thiophene rings is 1. The smallest absolute Gasteiger partial charge is 0.341 e. The molecule has 0 radical (unpaired) electrons. The van der Waals surface area contributed by atoms with Crippen molar-refractivity contribution < 1.29 is 17.9 Å². The van der Waals surface area contributed by atoms with E-state index in [1.165, 1.54) is 35.5 Å². The largest absolute Gasteiger partial charge is 0.465 e. The van der Waals surface area contributed by atoms with Crippen molar-refractivity contribution in [2.24, 2.45) is 5.92 Å². The number of carbonyl (C=O) groups is 1. The predicted octanol–water partition coefficient (Wildman–Crippen LogP) is 5.58. The van der Waals surface area contributed by atoms with E-state index < -0.39 is 10.0 Å². The summed E-state index contributed by atoms with van der Waals surface area (Å²) in [6, 6.07) is 13.5. The van der Waals surface area contributed by atoms with E-state index in [2.05, 4.69) is 22.3 Å². The number of benzene rings is 2. The Morgan fingerprint density at radius 2 is 1.83 bits per heavy atom. The van der Waals surface area contributed by atoms with Crippen LogP contribution in [0.25, 0.3) is 0 Å². The maximum absolute atomic E-state index is 12.8. The van der Waals surface area contributed by atoms with E-state index >= 15 is 0 Å². The highest BCUT2D eigenvalue weighted by molar-refractivity contribution is 7.92. The van der Waals surface area contributed by atoms with Gasteiger partial charge < -0.3 is 15.4 Å². The second-order valence-corrected chi connectivity index (χ2v) is 11.8. The highest BCUT2D eigenvalue weighted by atomic mass is 32.2. The van der Waals surface area contributed by atoms with Crippen LogP contribution in [0.2, 0.25) is 0 Å². The number of rotatable bonds is 6. The number of esters is 1. The highest BCUT2D eigenvalue weighted by Gasteiger charge is 2.28. The fourth-order valence-electron chi connectivity index (χ4n) is 4.03. The molecule has 0 amide bonds. The summed E-state index contributed by atoms with van der Waals surface area (Å²) in [4.78, 5) is 13.8. The first kappa shape index (κ1) is 25.2. The molecule has 4 rings (SSSR count). The lowest BCUT2D eigenvalue weighted by Crippen LogP contribution is -2.20. The Bertz CT molecular complexity index is 1370. The van der Waals surface area contributed by atoms with E-state index in [4.69, 9.17) is 17.0 Å². The number of ether oxygens (including phenoxy) is 1. The lowest BCUT2D eigenvalue weighted by Gasteiger charge is -2.18. The molecule has 1 aromatic heterocycles. The first-order chi connectivity index (χ1) is 16.7. The van der Waals surface area contributed by atoms with E-state index in [0.717, 1.165) is 30.4 Å². The first-order valence-electron chi connectivity index (χ1n) is 11.2. The SMILES string of the molecule is COC(=O)c1c(NC(=S)Nc2ccc(S(=O)(=O)Nc3ccccc3C)cc2)sc2c1CCC(C)C2. The lowest BCUT2D eigenvalue weighted by molar-refractivity contribution is 0.0601. The Morgan fingerprint density at radius 1 is 1.11 bits per heavy atom. The Kier molecular flexibility index (Phi) is 7.44.